The van der Waals surface area contributed by atoms with Crippen LogP contribution in [0.25, 0.3) is 0 Å². The first-order valence-electron chi connectivity index (χ1n) is 3.18. The molecule has 0 atom stereocenters. The Kier molecular flexibility index (Phi) is 4.72. The Balaban J connectivity index is 0.00000169. The van der Waals surface area contributed by atoms with E-state index in [-0.39, 0.29) is 18.9 Å². The minimum Gasteiger partial charge on any atom is -0.420 e. The number of alkyl halides is 3. The molecule has 0 saturated carbocycles. The average molecular weight is 216 g/mol. The van der Waals surface area contributed by atoms with Crippen molar-refractivity contribution in [3.05, 3.63) is 29.8 Å². The van der Waals surface area contributed by atoms with Crippen LogP contribution in [0.15, 0.2) is 29.2 Å². The number of hydrogen-bond donors (Lipinski definition) is 0. The molecule has 0 aliphatic rings. The van der Waals surface area contributed by atoms with Crippen molar-refractivity contribution in [2.75, 3.05) is 0 Å². The Morgan fingerprint density at radius 2 is 1.57 bits per heavy atom. The Labute approximate surface area is 92.2 Å². The largest absolute Gasteiger partial charge is 1.00 e. The Morgan fingerprint density at radius 1 is 1.07 bits per heavy atom. The van der Waals surface area contributed by atoms with Gasteiger partial charge in [0.05, 0.1) is 0 Å². The van der Waals surface area contributed by atoms with E-state index in [0.29, 0.717) is 0 Å². The third-order valence-electron chi connectivity index (χ3n) is 1.37. The maximum absolute atomic E-state index is 12.1. The van der Waals surface area contributed by atoms with Gasteiger partial charge in [-0.25, -0.2) is 0 Å². The second-order valence-electron chi connectivity index (χ2n) is 2.23. The normalized spacial score (nSPS) is 11.1. The van der Waals surface area contributed by atoms with Crippen LogP contribution in [0.5, 0.6) is 0 Å². The van der Waals surface area contributed by atoms with Crippen LogP contribution in [0.4, 0.5) is 13.2 Å². The van der Waals surface area contributed by atoms with Crippen molar-refractivity contribution in [3.63, 3.8) is 0 Å². The molecule has 14 heavy (non-hydrogen) atoms. The zero-order valence-corrected chi connectivity index (χ0v) is 7.98. The molecule has 0 aromatic heterocycles. The van der Waals surface area contributed by atoms with Gasteiger partial charge in [0, 0.05) is 5.56 Å². The van der Waals surface area contributed by atoms with Gasteiger partial charge in [-0.2, -0.15) is 13.2 Å². The zero-order valence-electron chi connectivity index (χ0n) is 7.17. The fraction of sp³-hybridized carbons (Fsp3) is 0.143. The van der Waals surface area contributed by atoms with Crippen LogP contribution < -0.4 is 18.9 Å². The molecular weight excluding hydrogens is 212 g/mol. The SMILES string of the molecule is O=[S-](=O)c1ccccc1C(F)(F)F.[Li+]. The van der Waals surface area contributed by atoms with E-state index in [4.69, 9.17) is 0 Å². The van der Waals surface area contributed by atoms with E-state index in [1.807, 2.05) is 0 Å². The quantitative estimate of drug-likeness (QED) is 0.463. The standard InChI is InChI=1S/C7H4F3O2S.Li/c8-7(9,10)5-3-1-2-4-6(5)13(11)12;/h1-4H;/q-1;+1. The van der Waals surface area contributed by atoms with Crippen molar-refractivity contribution in [3.8, 4) is 0 Å². The molecule has 0 radical (unpaired) electrons. The predicted molar refractivity (Wildman–Crippen MR) is 38.4 cm³/mol. The fourth-order valence-electron chi connectivity index (χ4n) is 0.846. The molecule has 1 aromatic carbocycles. The van der Waals surface area contributed by atoms with Crippen molar-refractivity contribution >= 4 is 10.7 Å². The molecule has 0 heterocycles. The molecule has 0 saturated heterocycles. The van der Waals surface area contributed by atoms with Crippen LogP contribution in [-0.2, 0) is 25.3 Å². The van der Waals surface area contributed by atoms with Crippen molar-refractivity contribution < 1.29 is 40.4 Å². The van der Waals surface area contributed by atoms with Crippen molar-refractivity contribution in [2.24, 2.45) is 0 Å². The van der Waals surface area contributed by atoms with Crippen molar-refractivity contribution in [1.29, 1.82) is 0 Å². The van der Waals surface area contributed by atoms with E-state index >= 15 is 0 Å². The van der Waals surface area contributed by atoms with Gasteiger partial charge in [-0.3, -0.25) is 0 Å². The Morgan fingerprint density at radius 3 is 1.93 bits per heavy atom. The number of hydrogen-bond acceptors (Lipinski definition) is 3. The Bertz CT molecular complexity index is 379. The molecular formula is C7H4F3LiO2S. The second-order valence-corrected chi connectivity index (χ2v) is 3.14. The van der Waals surface area contributed by atoms with E-state index in [1.165, 1.54) is 6.07 Å². The summed E-state index contributed by atoms with van der Waals surface area (Å²) in [6.07, 6.45) is -4.63. The number of rotatable bonds is 1. The van der Waals surface area contributed by atoms with Gasteiger partial charge < -0.3 is 8.42 Å². The van der Waals surface area contributed by atoms with Crippen molar-refractivity contribution in [1.82, 2.24) is 0 Å². The van der Waals surface area contributed by atoms with Gasteiger partial charge in [0.15, 0.2) is 0 Å². The first-order valence-corrected chi connectivity index (χ1v) is 4.26. The van der Waals surface area contributed by atoms with Crippen molar-refractivity contribution in [2.45, 2.75) is 11.1 Å². The molecule has 0 spiro atoms. The van der Waals surface area contributed by atoms with Gasteiger partial charge in [0.1, 0.15) is 0 Å². The van der Waals surface area contributed by atoms with Crippen LogP contribution in [-0.4, -0.2) is 0 Å². The molecule has 2 nitrogen and oxygen atoms in total. The molecule has 7 heteroatoms. The van der Waals surface area contributed by atoms with Crippen LogP contribution in [0.2, 0.25) is 0 Å². The first kappa shape index (κ1) is 13.6. The second kappa shape index (κ2) is 4.87. The molecule has 1 rings (SSSR count). The molecule has 0 aliphatic carbocycles. The number of halogens is 3. The molecule has 0 N–H and O–H groups in total. The minimum absolute atomic E-state index is 0. The maximum atomic E-state index is 12.1. The molecule has 0 unspecified atom stereocenters. The zero-order chi connectivity index (χ0) is 10.1. The van der Waals surface area contributed by atoms with Gasteiger partial charge in [-0.1, -0.05) is 29.2 Å². The Hall–Kier alpha value is -0.443. The third kappa shape index (κ3) is 3.05. The summed E-state index contributed by atoms with van der Waals surface area (Å²) < 4.78 is 57.1. The summed E-state index contributed by atoms with van der Waals surface area (Å²) in [6.45, 7) is 0. The van der Waals surface area contributed by atoms with Crippen LogP contribution in [0, 0.1) is 0 Å². The van der Waals surface area contributed by atoms with E-state index < -0.39 is 27.3 Å². The molecule has 1 aromatic rings. The van der Waals surface area contributed by atoms with E-state index in [0.717, 1.165) is 18.2 Å². The summed E-state index contributed by atoms with van der Waals surface area (Å²) in [4.78, 5) is -0.727. The van der Waals surface area contributed by atoms with Crippen LogP contribution in [0.1, 0.15) is 5.56 Å². The molecule has 0 aliphatic heterocycles. The topological polar surface area (TPSA) is 34.1 Å². The van der Waals surface area contributed by atoms with E-state index in [1.54, 1.807) is 0 Å². The van der Waals surface area contributed by atoms with Gasteiger partial charge >= 0.3 is 25.0 Å². The third-order valence-corrected chi connectivity index (χ3v) is 2.09. The summed E-state index contributed by atoms with van der Waals surface area (Å²) in [6, 6.07) is 4.01. The smallest absolute Gasteiger partial charge is 0.420 e. The number of benzene rings is 1. The summed E-state index contributed by atoms with van der Waals surface area (Å²) in [5.41, 5.74) is -1.14. The van der Waals surface area contributed by atoms with Gasteiger partial charge in [-0.05, 0) is 10.7 Å². The average Bonchev–Trinajstić information content (AvgIpc) is 2.03. The monoisotopic (exact) mass is 216 g/mol. The fourth-order valence-corrected chi connectivity index (χ4v) is 1.40. The maximum Gasteiger partial charge on any atom is 1.00 e. The van der Waals surface area contributed by atoms with Crippen LogP contribution >= 0.6 is 0 Å². The summed E-state index contributed by atoms with van der Waals surface area (Å²) in [5, 5.41) is 0. The first-order chi connectivity index (χ1) is 5.93. The summed E-state index contributed by atoms with van der Waals surface area (Å²) in [5.74, 6) is 0. The summed E-state index contributed by atoms with van der Waals surface area (Å²) >= 11 is 0. The van der Waals surface area contributed by atoms with Gasteiger partial charge in [-0.15, -0.1) is 0 Å². The minimum atomic E-state index is -4.63. The van der Waals surface area contributed by atoms with Crippen LogP contribution in [0.3, 0.4) is 0 Å². The van der Waals surface area contributed by atoms with E-state index in [9.17, 15) is 21.6 Å². The molecule has 0 fully saturated rings. The molecule has 0 bridgehead atoms. The van der Waals surface area contributed by atoms with Gasteiger partial charge in [0.25, 0.3) is 0 Å². The predicted octanol–water partition coefficient (Wildman–Crippen LogP) is -0.622. The van der Waals surface area contributed by atoms with E-state index in [2.05, 4.69) is 0 Å². The summed E-state index contributed by atoms with van der Waals surface area (Å²) in [7, 11) is -2.86. The molecule has 0 amide bonds. The van der Waals surface area contributed by atoms with Gasteiger partial charge in [0.2, 0.25) is 0 Å². The molecule has 72 valence electrons.